The highest BCUT2D eigenvalue weighted by molar-refractivity contribution is 5.62. The SMILES string of the molecule is Cc1nn(CCO)c(C)c1CNc1cccc(-c2nccn2C)c1. The van der Waals surface area contributed by atoms with Crippen LogP contribution >= 0.6 is 0 Å². The predicted molar refractivity (Wildman–Crippen MR) is 94.8 cm³/mol. The third-order valence-electron chi connectivity index (χ3n) is 4.25. The number of hydrogen-bond acceptors (Lipinski definition) is 4. The van der Waals surface area contributed by atoms with Gasteiger partial charge in [-0.3, -0.25) is 4.68 Å². The molecular weight excluding hydrogens is 302 g/mol. The standard InChI is InChI=1S/C18H23N5O/c1-13-17(14(2)23(21-13)9-10-24)12-20-16-6-4-5-15(11-16)18-19-7-8-22(18)3/h4-8,11,20,24H,9-10,12H2,1-3H3. The summed E-state index contributed by atoms with van der Waals surface area (Å²) in [7, 11) is 1.99. The Morgan fingerprint density at radius 3 is 2.79 bits per heavy atom. The van der Waals surface area contributed by atoms with E-state index in [4.69, 9.17) is 5.11 Å². The minimum atomic E-state index is 0.0978. The summed E-state index contributed by atoms with van der Waals surface area (Å²) in [4.78, 5) is 4.40. The Morgan fingerprint density at radius 2 is 2.08 bits per heavy atom. The molecule has 0 saturated carbocycles. The molecule has 0 spiro atoms. The van der Waals surface area contributed by atoms with Crippen LogP contribution in [0.5, 0.6) is 0 Å². The van der Waals surface area contributed by atoms with Gasteiger partial charge in [0.1, 0.15) is 5.82 Å². The van der Waals surface area contributed by atoms with Crippen molar-refractivity contribution >= 4 is 5.69 Å². The van der Waals surface area contributed by atoms with Gasteiger partial charge in [0.25, 0.3) is 0 Å². The average molecular weight is 325 g/mol. The molecule has 24 heavy (non-hydrogen) atoms. The van der Waals surface area contributed by atoms with Gasteiger partial charge in [-0.1, -0.05) is 12.1 Å². The summed E-state index contributed by atoms with van der Waals surface area (Å²) in [6.07, 6.45) is 3.75. The first kappa shape index (κ1) is 16.3. The summed E-state index contributed by atoms with van der Waals surface area (Å²) >= 11 is 0. The molecule has 0 atom stereocenters. The van der Waals surface area contributed by atoms with Crippen LogP contribution in [0.1, 0.15) is 17.0 Å². The molecule has 0 unspecified atom stereocenters. The van der Waals surface area contributed by atoms with Gasteiger partial charge in [-0.15, -0.1) is 0 Å². The minimum Gasteiger partial charge on any atom is -0.394 e. The molecule has 0 aliphatic rings. The van der Waals surface area contributed by atoms with Crippen LogP contribution in [0.25, 0.3) is 11.4 Å². The number of benzene rings is 1. The number of nitrogens with one attached hydrogen (secondary N) is 1. The van der Waals surface area contributed by atoms with Gasteiger partial charge in [-0.2, -0.15) is 5.10 Å². The third kappa shape index (κ3) is 3.19. The average Bonchev–Trinajstić information content (AvgIpc) is 3.11. The first-order valence-corrected chi connectivity index (χ1v) is 8.05. The maximum Gasteiger partial charge on any atom is 0.139 e. The van der Waals surface area contributed by atoms with E-state index >= 15 is 0 Å². The molecule has 0 aliphatic heterocycles. The lowest BCUT2D eigenvalue weighted by atomic mass is 10.1. The normalized spacial score (nSPS) is 11.0. The molecule has 3 aromatic rings. The number of hydrogen-bond donors (Lipinski definition) is 2. The van der Waals surface area contributed by atoms with Crippen molar-refractivity contribution in [1.82, 2.24) is 19.3 Å². The quantitative estimate of drug-likeness (QED) is 0.731. The van der Waals surface area contributed by atoms with E-state index in [0.717, 1.165) is 28.5 Å². The predicted octanol–water partition coefficient (Wildman–Crippen LogP) is 2.50. The Hall–Kier alpha value is -2.60. The fraction of sp³-hybridized carbons (Fsp3) is 0.333. The highest BCUT2D eigenvalue weighted by atomic mass is 16.3. The topological polar surface area (TPSA) is 67.9 Å². The van der Waals surface area contributed by atoms with Crippen LogP contribution in [0, 0.1) is 13.8 Å². The van der Waals surface area contributed by atoms with E-state index in [-0.39, 0.29) is 6.61 Å². The Balaban J connectivity index is 1.77. The maximum atomic E-state index is 9.11. The molecule has 0 radical (unpaired) electrons. The zero-order valence-electron chi connectivity index (χ0n) is 14.3. The first-order chi connectivity index (χ1) is 11.6. The highest BCUT2D eigenvalue weighted by Crippen LogP contribution is 2.22. The van der Waals surface area contributed by atoms with Crippen molar-refractivity contribution in [1.29, 1.82) is 0 Å². The molecule has 2 heterocycles. The van der Waals surface area contributed by atoms with Crippen molar-refractivity contribution in [2.75, 3.05) is 11.9 Å². The maximum absolute atomic E-state index is 9.11. The summed E-state index contributed by atoms with van der Waals surface area (Å²) in [5.74, 6) is 0.946. The number of aromatic nitrogens is 4. The molecular formula is C18H23N5O. The van der Waals surface area contributed by atoms with Crippen LogP contribution in [0.3, 0.4) is 0 Å². The third-order valence-corrected chi connectivity index (χ3v) is 4.25. The molecule has 0 saturated heterocycles. The number of rotatable bonds is 6. The van der Waals surface area contributed by atoms with Gasteiger partial charge < -0.3 is 15.0 Å². The second-order valence-electron chi connectivity index (χ2n) is 5.89. The smallest absolute Gasteiger partial charge is 0.139 e. The second-order valence-corrected chi connectivity index (χ2v) is 5.89. The van der Waals surface area contributed by atoms with Gasteiger partial charge in [0, 0.05) is 48.5 Å². The highest BCUT2D eigenvalue weighted by Gasteiger charge is 2.11. The van der Waals surface area contributed by atoms with Gasteiger partial charge in [0.2, 0.25) is 0 Å². The Morgan fingerprint density at radius 1 is 1.25 bits per heavy atom. The van der Waals surface area contributed by atoms with Gasteiger partial charge in [-0.25, -0.2) is 4.98 Å². The van der Waals surface area contributed by atoms with Crippen molar-refractivity contribution < 1.29 is 5.11 Å². The molecule has 2 aromatic heterocycles. The summed E-state index contributed by atoms with van der Waals surface area (Å²) in [6, 6.07) is 8.24. The van der Waals surface area contributed by atoms with Gasteiger partial charge in [0.05, 0.1) is 18.8 Å². The van der Waals surface area contributed by atoms with E-state index in [1.54, 1.807) is 6.20 Å². The number of aryl methyl sites for hydroxylation is 2. The minimum absolute atomic E-state index is 0.0978. The summed E-state index contributed by atoms with van der Waals surface area (Å²) in [5.41, 5.74) is 5.38. The van der Waals surface area contributed by atoms with Crippen molar-refractivity contribution in [3.8, 4) is 11.4 Å². The number of imidazole rings is 1. The second kappa shape index (κ2) is 6.88. The van der Waals surface area contributed by atoms with Crippen molar-refractivity contribution in [3.05, 3.63) is 53.6 Å². The van der Waals surface area contributed by atoms with Gasteiger partial charge in [0.15, 0.2) is 0 Å². The lowest BCUT2D eigenvalue weighted by molar-refractivity contribution is 0.268. The largest absolute Gasteiger partial charge is 0.394 e. The van der Waals surface area contributed by atoms with Crippen LogP contribution in [-0.2, 0) is 20.1 Å². The monoisotopic (exact) mass is 325 g/mol. The van der Waals surface area contributed by atoms with Crippen LogP contribution in [-0.4, -0.2) is 31.0 Å². The van der Waals surface area contributed by atoms with E-state index in [0.29, 0.717) is 13.1 Å². The van der Waals surface area contributed by atoms with E-state index in [1.807, 2.05) is 42.4 Å². The van der Waals surface area contributed by atoms with Crippen molar-refractivity contribution in [3.63, 3.8) is 0 Å². The molecule has 3 rings (SSSR count). The number of aliphatic hydroxyl groups is 1. The molecule has 0 bridgehead atoms. The van der Waals surface area contributed by atoms with Crippen LogP contribution in [0.15, 0.2) is 36.7 Å². The van der Waals surface area contributed by atoms with Crippen molar-refractivity contribution in [2.45, 2.75) is 26.9 Å². The molecule has 1 aromatic carbocycles. The van der Waals surface area contributed by atoms with Crippen molar-refractivity contribution in [2.24, 2.45) is 7.05 Å². The summed E-state index contributed by atoms with van der Waals surface area (Å²) < 4.78 is 3.86. The fourth-order valence-corrected chi connectivity index (χ4v) is 2.90. The lowest BCUT2D eigenvalue weighted by Crippen LogP contribution is -2.07. The van der Waals surface area contributed by atoms with Crippen LogP contribution in [0.2, 0.25) is 0 Å². The van der Waals surface area contributed by atoms with E-state index in [1.165, 1.54) is 5.56 Å². The van der Waals surface area contributed by atoms with E-state index < -0.39 is 0 Å². The molecule has 0 fully saturated rings. The molecule has 0 aliphatic carbocycles. The summed E-state index contributed by atoms with van der Waals surface area (Å²) in [6.45, 7) is 5.37. The lowest BCUT2D eigenvalue weighted by Gasteiger charge is -2.09. The molecule has 0 amide bonds. The molecule has 6 nitrogen and oxygen atoms in total. The first-order valence-electron chi connectivity index (χ1n) is 8.05. The Bertz CT molecular complexity index is 834. The number of nitrogens with zero attached hydrogens (tertiary/aromatic N) is 4. The zero-order valence-corrected chi connectivity index (χ0v) is 14.3. The Labute approximate surface area is 141 Å². The Kier molecular flexibility index (Phi) is 4.66. The van der Waals surface area contributed by atoms with E-state index in [2.05, 4.69) is 33.6 Å². The molecule has 2 N–H and O–H groups in total. The van der Waals surface area contributed by atoms with Crippen LogP contribution in [0.4, 0.5) is 5.69 Å². The fourth-order valence-electron chi connectivity index (χ4n) is 2.90. The number of anilines is 1. The summed E-state index contributed by atoms with van der Waals surface area (Å²) in [5, 5.41) is 17.1. The van der Waals surface area contributed by atoms with Gasteiger partial charge in [-0.05, 0) is 26.0 Å². The molecule has 126 valence electrons. The number of aliphatic hydroxyl groups excluding tert-OH is 1. The molecule has 6 heteroatoms. The van der Waals surface area contributed by atoms with Crippen LogP contribution < -0.4 is 5.32 Å². The van der Waals surface area contributed by atoms with E-state index in [9.17, 15) is 0 Å². The van der Waals surface area contributed by atoms with Gasteiger partial charge >= 0.3 is 0 Å². The zero-order chi connectivity index (χ0) is 17.1.